The van der Waals surface area contributed by atoms with Gasteiger partial charge in [0, 0.05) is 31.3 Å². The molecule has 4 rings (SSSR count). The molecule has 2 aromatic carbocycles. The molecule has 0 bridgehead atoms. The molecular formula is C23H25N5O2. The van der Waals surface area contributed by atoms with E-state index in [-0.39, 0.29) is 17.9 Å². The minimum Gasteiger partial charge on any atom is -0.335 e. The molecule has 3 aromatic rings. The largest absolute Gasteiger partial charge is 0.335 e. The highest BCUT2D eigenvalue weighted by atomic mass is 16.2. The van der Waals surface area contributed by atoms with Gasteiger partial charge in [0.05, 0.1) is 11.7 Å². The van der Waals surface area contributed by atoms with Crippen LogP contribution < -0.4 is 4.90 Å². The van der Waals surface area contributed by atoms with Crippen LogP contribution in [0, 0.1) is 0 Å². The van der Waals surface area contributed by atoms with Gasteiger partial charge >= 0.3 is 0 Å². The van der Waals surface area contributed by atoms with E-state index in [1.54, 1.807) is 15.9 Å². The molecule has 1 aliphatic heterocycles. The number of rotatable bonds is 5. The maximum Gasteiger partial charge on any atom is 0.254 e. The molecule has 2 amide bonds. The van der Waals surface area contributed by atoms with Gasteiger partial charge in [0.1, 0.15) is 12.7 Å². The fraction of sp³-hybridized carbons (Fsp3) is 0.304. The number of amides is 2. The summed E-state index contributed by atoms with van der Waals surface area (Å²) in [5.74, 6) is 0.0822. The van der Waals surface area contributed by atoms with E-state index in [4.69, 9.17) is 0 Å². The van der Waals surface area contributed by atoms with Crippen LogP contribution in [0.5, 0.6) is 0 Å². The summed E-state index contributed by atoms with van der Waals surface area (Å²) in [5, 5.41) is 4.13. The first-order valence-electron chi connectivity index (χ1n) is 10.1. The minimum absolute atomic E-state index is 0.0362. The lowest BCUT2D eigenvalue weighted by Crippen LogP contribution is -2.30. The lowest BCUT2D eigenvalue weighted by Gasteiger charge is -2.26. The lowest BCUT2D eigenvalue weighted by atomic mass is 10.0. The van der Waals surface area contributed by atoms with Crippen molar-refractivity contribution < 1.29 is 9.59 Å². The Morgan fingerprint density at radius 1 is 1.17 bits per heavy atom. The van der Waals surface area contributed by atoms with Gasteiger partial charge in [0.15, 0.2) is 0 Å². The highest BCUT2D eigenvalue weighted by Crippen LogP contribution is 2.30. The third-order valence-electron chi connectivity index (χ3n) is 5.79. The molecule has 0 radical (unpaired) electrons. The van der Waals surface area contributed by atoms with Crippen LogP contribution >= 0.6 is 0 Å². The number of aromatic nitrogens is 3. The zero-order valence-corrected chi connectivity index (χ0v) is 17.4. The number of fused-ring (bicyclic) bond motifs is 1. The zero-order chi connectivity index (χ0) is 21.3. The Balaban J connectivity index is 1.50. The third kappa shape index (κ3) is 3.58. The number of carbonyl (C=O) groups is 2. The normalized spacial score (nSPS) is 13.8. The number of anilines is 1. The molecule has 0 saturated heterocycles. The van der Waals surface area contributed by atoms with Gasteiger partial charge in [-0.05, 0) is 54.8 Å². The van der Waals surface area contributed by atoms with Gasteiger partial charge in [-0.25, -0.2) is 9.67 Å². The number of benzene rings is 2. The van der Waals surface area contributed by atoms with Crippen LogP contribution in [0.25, 0.3) is 5.69 Å². The lowest BCUT2D eigenvalue weighted by molar-refractivity contribution is -0.118. The van der Waals surface area contributed by atoms with Gasteiger partial charge in [-0.15, -0.1) is 0 Å². The van der Waals surface area contributed by atoms with E-state index in [1.165, 1.54) is 6.33 Å². The maximum atomic E-state index is 13.1. The molecule has 7 heteroatoms. The van der Waals surface area contributed by atoms with Crippen molar-refractivity contribution in [2.45, 2.75) is 32.7 Å². The summed E-state index contributed by atoms with van der Waals surface area (Å²) >= 11 is 0. The second kappa shape index (κ2) is 8.10. The first-order chi connectivity index (χ1) is 14.5. The van der Waals surface area contributed by atoms with Crippen molar-refractivity contribution in [1.29, 1.82) is 0 Å². The fourth-order valence-electron chi connectivity index (χ4n) is 3.83. The number of carbonyl (C=O) groups excluding carboxylic acids is 2. The Hall–Kier alpha value is -3.48. The van der Waals surface area contributed by atoms with Crippen LogP contribution in [0.3, 0.4) is 0 Å². The topological polar surface area (TPSA) is 71.3 Å². The number of hydrogen-bond donors (Lipinski definition) is 0. The Morgan fingerprint density at radius 3 is 2.60 bits per heavy atom. The van der Waals surface area contributed by atoms with Crippen molar-refractivity contribution in [1.82, 2.24) is 19.7 Å². The predicted octanol–water partition coefficient (Wildman–Crippen LogP) is 3.40. The first-order valence-corrected chi connectivity index (χ1v) is 10.1. The van der Waals surface area contributed by atoms with Crippen LogP contribution in [-0.2, 0) is 11.2 Å². The third-order valence-corrected chi connectivity index (χ3v) is 5.79. The van der Waals surface area contributed by atoms with E-state index in [9.17, 15) is 9.59 Å². The van der Waals surface area contributed by atoms with E-state index >= 15 is 0 Å². The van der Waals surface area contributed by atoms with E-state index in [0.717, 1.165) is 28.9 Å². The highest BCUT2D eigenvalue weighted by molar-refractivity contribution is 5.98. The molecule has 1 aliphatic rings. The monoisotopic (exact) mass is 403 g/mol. The maximum absolute atomic E-state index is 13.1. The molecule has 0 saturated carbocycles. The van der Waals surface area contributed by atoms with Gasteiger partial charge in [-0.1, -0.05) is 19.1 Å². The van der Waals surface area contributed by atoms with E-state index in [0.29, 0.717) is 18.5 Å². The summed E-state index contributed by atoms with van der Waals surface area (Å²) in [7, 11) is 1.82. The van der Waals surface area contributed by atoms with Gasteiger partial charge in [0.25, 0.3) is 5.91 Å². The molecule has 0 fully saturated rings. The molecule has 7 nitrogen and oxygen atoms in total. The molecule has 0 aliphatic carbocycles. The minimum atomic E-state index is -0.0891. The smallest absolute Gasteiger partial charge is 0.254 e. The Bertz CT molecular complexity index is 1060. The number of nitrogens with zero attached hydrogens (tertiary/aromatic N) is 5. The van der Waals surface area contributed by atoms with Crippen molar-refractivity contribution in [2.75, 3.05) is 18.5 Å². The SMILES string of the molecule is CCC(=O)N1CCc2cc(C(=O)N(C)C(C)c3ccc(-n4cncn4)cc3)ccc21. The molecule has 30 heavy (non-hydrogen) atoms. The van der Waals surface area contributed by atoms with Crippen LogP contribution in [0.4, 0.5) is 5.69 Å². The molecule has 0 spiro atoms. The average molecular weight is 403 g/mol. The Labute approximate surface area is 175 Å². The molecule has 1 atom stereocenters. The van der Waals surface area contributed by atoms with Gasteiger partial charge in [-0.3, -0.25) is 9.59 Å². The predicted molar refractivity (Wildman–Crippen MR) is 115 cm³/mol. The van der Waals surface area contributed by atoms with E-state index < -0.39 is 0 Å². The van der Waals surface area contributed by atoms with Crippen molar-refractivity contribution in [3.63, 3.8) is 0 Å². The summed E-state index contributed by atoms with van der Waals surface area (Å²) in [6.07, 6.45) is 4.41. The summed E-state index contributed by atoms with van der Waals surface area (Å²) in [4.78, 5) is 32.7. The summed E-state index contributed by atoms with van der Waals surface area (Å²) in [5.41, 5.74) is 4.59. The number of hydrogen-bond acceptors (Lipinski definition) is 4. The standard InChI is InChI=1S/C23H25N5O2/c1-4-22(29)27-12-11-18-13-19(7-10-21(18)27)23(30)26(3)16(2)17-5-8-20(9-6-17)28-15-24-14-25-28/h5-10,13-16H,4,11-12H2,1-3H3. The van der Waals surface area contributed by atoms with Crippen molar-refractivity contribution in [3.05, 3.63) is 71.8 Å². The zero-order valence-electron chi connectivity index (χ0n) is 17.4. The van der Waals surface area contributed by atoms with Crippen LogP contribution in [-0.4, -0.2) is 45.1 Å². The van der Waals surface area contributed by atoms with E-state index in [1.807, 2.05) is 68.3 Å². The molecule has 154 valence electrons. The quantitative estimate of drug-likeness (QED) is 0.655. The van der Waals surface area contributed by atoms with Crippen LogP contribution in [0.2, 0.25) is 0 Å². The average Bonchev–Trinajstić information content (AvgIpc) is 3.47. The molecule has 1 aromatic heterocycles. The summed E-state index contributed by atoms with van der Waals surface area (Å²) < 4.78 is 1.69. The second-order valence-electron chi connectivity index (χ2n) is 7.52. The van der Waals surface area contributed by atoms with E-state index in [2.05, 4.69) is 10.1 Å². The molecular weight excluding hydrogens is 378 g/mol. The fourth-order valence-corrected chi connectivity index (χ4v) is 3.83. The van der Waals surface area contributed by atoms with Gasteiger partial charge in [0.2, 0.25) is 5.91 Å². The van der Waals surface area contributed by atoms with Gasteiger partial charge in [-0.2, -0.15) is 5.10 Å². The van der Waals surface area contributed by atoms with Crippen molar-refractivity contribution in [2.24, 2.45) is 0 Å². The highest BCUT2D eigenvalue weighted by Gasteiger charge is 2.26. The molecule has 2 heterocycles. The first kappa shape index (κ1) is 19.8. The van der Waals surface area contributed by atoms with Crippen LogP contribution in [0.1, 0.15) is 47.8 Å². The van der Waals surface area contributed by atoms with Gasteiger partial charge < -0.3 is 9.80 Å². The summed E-state index contributed by atoms with van der Waals surface area (Å²) in [6, 6.07) is 13.5. The second-order valence-corrected chi connectivity index (χ2v) is 7.52. The molecule has 0 N–H and O–H groups in total. The van der Waals surface area contributed by atoms with Crippen molar-refractivity contribution in [3.8, 4) is 5.69 Å². The Kier molecular flexibility index (Phi) is 5.35. The Morgan fingerprint density at radius 2 is 1.93 bits per heavy atom. The van der Waals surface area contributed by atoms with Crippen molar-refractivity contribution >= 4 is 17.5 Å². The summed E-state index contributed by atoms with van der Waals surface area (Å²) in [6.45, 7) is 4.56. The molecule has 1 unspecified atom stereocenters. The van der Waals surface area contributed by atoms with Crippen LogP contribution in [0.15, 0.2) is 55.1 Å².